The van der Waals surface area contributed by atoms with Crippen molar-refractivity contribution in [2.45, 2.75) is 33.7 Å². The standard InChI is InChI=1S/C23H33N3O3/c1-7-24-23(25-11-10-19-9-8-16(2)12-17(19)3)26-15-18-13-20(27-4)22(29-6)21(14-18)28-5/h8-9,12-14H,7,10-11,15H2,1-6H3,(H2,24,25,26). The molecule has 0 fully saturated rings. The molecular formula is C23H33N3O3. The summed E-state index contributed by atoms with van der Waals surface area (Å²) in [5.41, 5.74) is 4.94. The van der Waals surface area contributed by atoms with E-state index in [1.165, 1.54) is 16.7 Å². The number of ether oxygens (including phenoxy) is 3. The van der Waals surface area contributed by atoms with Crippen LogP contribution >= 0.6 is 0 Å². The highest BCUT2D eigenvalue weighted by Gasteiger charge is 2.13. The van der Waals surface area contributed by atoms with Gasteiger partial charge in [0.2, 0.25) is 5.75 Å². The predicted octanol–water partition coefficient (Wildman–Crippen LogP) is 3.63. The molecule has 0 saturated heterocycles. The molecule has 0 aromatic heterocycles. The molecule has 0 aliphatic rings. The van der Waals surface area contributed by atoms with Gasteiger partial charge in [0, 0.05) is 13.1 Å². The van der Waals surface area contributed by atoms with Gasteiger partial charge in [-0.05, 0) is 56.0 Å². The summed E-state index contributed by atoms with van der Waals surface area (Å²) in [6.07, 6.45) is 0.945. The molecule has 6 nitrogen and oxygen atoms in total. The molecule has 0 saturated carbocycles. The van der Waals surface area contributed by atoms with Crippen molar-refractivity contribution in [3.63, 3.8) is 0 Å². The molecule has 2 aromatic rings. The molecule has 6 heteroatoms. The van der Waals surface area contributed by atoms with E-state index in [0.29, 0.717) is 23.8 Å². The molecular weight excluding hydrogens is 366 g/mol. The van der Waals surface area contributed by atoms with Crippen molar-refractivity contribution in [2.24, 2.45) is 4.99 Å². The first kappa shape index (κ1) is 22.4. The Morgan fingerprint density at radius 1 is 0.931 bits per heavy atom. The lowest BCUT2D eigenvalue weighted by atomic mass is 10.0. The molecule has 0 radical (unpaired) electrons. The normalized spacial score (nSPS) is 11.2. The van der Waals surface area contributed by atoms with Crippen molar-refractivity contribution in [2.75, 3.05) is 34.4 Å². The summed E-state index contributed by atoms with van der Waals surface area (Å²) in [5.74, 6) is 2.63. The second-order valence-electron chi connectivity index (χ2n) is 6.84. The molecule has 2 N–H and O–H groups in total. The van der Waals surface area contributed by atoms with Crippen LogP contribution in [0.3, 0.4) is 0 Å². The van der Waals surface area contributed by atoms with Crippen LogP contribution in [0.1, 0.15) is 29.2 Å². The van der Waals surface area contributed by atoms with Crippen molar-refractivity contribution < 1.29 is 14.2 Å². The van der Waals surface area contributed by atoms with Gasteiger partial charge in [-0.3, -0.25) is 0 Å². The third-order valence-electron chi connectivity index (χ3n) is 4.67. The number of guanidine groups is 1. The third-order valence-corrected chi connectivity index (χ3v) is 4.67. The number of aliphatic imine (C=N–C) groups is 1. The number of benzene rings is 2. The summed E-state index contributed by atoms with van der Waals surface area (Å²) in [7, 11) is 4.83. The van der Waals surface area contributed by atoms with Crippen LogP contribution in [0.25, 0.3) is 0 Å². The lowest BCUT2D eigenvalue weighted by Crippen LogP contribution is -2.38. The van der Waals surface area contributed by atoms with Crippen LogP contribution in [0, 0.1) is 13.8 Å². The van der Waals surface area contributed by atoms with E-state index in [2.05, 4.69) is 49.6 Å². The van der Waals surface area contributed by atoms with Crippen molar-refractivity contribution in [1.29, 1.82) is 0 Å². The zero-order chi connectivity index (χ0) is 21.2. The predicted molar refractivity (Wildman–Crippen MR) is 119 cm³/mol. The fourth-order valence-electron chi connectivity index (χ4n) is 3.18. The quantitative estimate of drug-likeness (QED) is 0.498. The number of hydrogen-bond acceptors (Lipinski definition) is 4. The zero-order valence-electron chi connectivity index (χ0n) is 18.4. The monoisotopic (exact) mass is 399 g/mol. The largest absolute Gasteiger partial charge is 0.493 e. The van der Waals surface area contributed by atoms with Gasteiger partial charge in [0.1, 0.15) is 0 Å². The molecule has 0 unspecified atom stereocenters. The van der Waals surface area contributed by atoms with Gasteiger partial charge < -0.3 is 24.8 Å². The van der Waals surface area contributed by atoms with Gasteiger partial charge in [0.05, 0.1) is 27.9 Å². The van der Waals surface area contributed by atoms with Crippen molar-refractivity contribution in [1.82, 2.24) is 10.6 Å². The number of aryl methyl sites for hydroxylation is 2. The maximum atomic E-state index is 5.42. The SMILES string of the molecule is CCNC(=NCc1cc(OC)c(OC)c(OC)c1)NCCc1ccc(C)cc1C. The molecule has 29 heavy (non-hydrogen) atoms. The average molecular weight is 400 g/mol. The third kappa shape index (κ3) is 6.31. The Hall–Kier alpha value is -2.89. The van der Waals surface area contributed by atoms with E-state index in [0.717, 1.165) is 31.0 Å². The topological polar surface area (TPSA) is 64.1 Å². The van der Waals surface area contributed by atoms with Crippen LogP contribution in [0.2, 0.25) is 0 Å². The molecule has 0 atom stereocenters. The van der Waals surface area contributed by atoms with Crippen molar-refractivity contribution in [3.05, 3.63) is 52.6 Å². The maximum Gasteiger partial charge on any atom is 0.203 e. The lowest BCUT2D eigenvalue weighted by molar-refractivity contribution is 0.324. The fraction of sp³-hybridized carbons (Fsp3) is 0.435. The van der Waals surface area contributed by atoms with Crippen LogP contribution in [-0.4, -0.2) is 40.4 Å². The fourth-order valence-corrected chi connectivity index (χ4v) is 3.18. The first-order valence-corrected chi connectivity index (χ1v) is 9.89. The van der Waals surface area contributed by atoms with E-state index in [9.17, 15) is 0 Å². The van der Waals surface area contributed by atoms with E-state index in [1.807, 2.05) is 12.1 Å². The number of rotatable bonds is 9. The highest BCUT2D eigenvalue weighted by Crippen LogP contribution is 2.38. The van der Waals surface area contributed by atoms with Gasteiger partial charge in [-0.1, -0.05) is 23.8 Å². The van der Waals surface area contributed by atoms with E-state index < -0.39 is 0 Å². The summed E-state index contributed by atoms with van der Waals surface area (Å²) < 4.78 is 16.2. The maximum absolute atomic E-state index is 5.42. The Kier molecular flexibility index (Phi) is 8.65. The molecule has 2 aromatic carbocycles. The van der Waals surface area contributed by atoms with Crippen LogP contribution in [0.4, 0.5) is 0 Å². The van der Waals surface area contributed by atoms with Gasteiger partial charge in [-0.2, -0.15) is 0 Å². The minimum absolute atomic E-state index is 0.496. The highest BCUT2D eigenvalue weighted by atomic mass is 16.5. The second kappa shape index (κ2) is 11.2. The zero-order valence-corrected chi connectivity index (χ0v) is 18.4. The molecule has 0 heterocycles. The summed E-state index contributed by atoms with van der Waals surface area (Å²) in [6, 6.07) is 10.4. The Labute approximate surface area is 174 Å². The summed E-state index contributed by atoms with van der Waals surface area (Å²) in [6.45, 7) is 8.44. The van der Waals surface area contributed by atoms with E-state index in [-0.39, 0.29) is 0 Å². The van der Waals surface area contributed by atoms with Crippen molar-refractivity contribution >= 4 is 5.96 Å². The van der Waals surface area contributed by atoms with Gasteiger partial charge in [0.25, 0.3) is 0 Å². The Morgan fingerprint density at radius 2 is 1.62 bits per heavy atom. The Morgan fingerprint density at radius 3 is 2.17 bits per heavy atom. The molecule has 2 rings (SSSR count). The van der Waals surface area contributed by atoms with E-state index in [1.54, 1.807) is 21.3 Å². The molecule has 0 spiro atoms. The van der Waals surface area contributed by atoms with E-state index in [4.69, 9.17) is 19.2 Å². The van der Waals surface area contributed by atoms with Gasteiger partial charge in [-0.25, -0.2) is 4.99 Å². The first-order valence-electron chi connectivity index (χ1n) is 9.89. The average Bonchev–Trinajstić information content (AvgIpc) is 2.72. The van der Waals surface area contributed by atoms with Crippen LogP contribution in [0.5, 0.6) is 17.2 Å². The number of nitrogens with one attached hydrogen (secondary N) is 2. The molecule has 0 aliphatic heterocycles. The number of methoxy groups -OCH3 is 3. The Balaban J connectivity index is 2.06. The van der Waals surface area contributed by atoms with Crippen LogP contribution < -0.4 is 24.8 Å². The van der Waals surface area contributed by atoms with Gasteiger partial charge in [0.15, 0.2) is 17.5 Å². The van der Waals surface area contributed by atoms with Crippen LogP contribution in [-0.2, 0) is 13.0 Å². The smallest absolute Gasteiger partial charge is 0.203 e. The number of nitrogens with zero attached hydrogens (tertiary/aromatic N) is 1. The van der Waals surface area contributed by atoms with E-state index >= 15 is 0 Å². The van der Waals surface area contributed by atoms with Crippen LogP contribution in [0.15, 0.2) is 35.3 Å². The molecule has 0 bridgehead atoms. The first-order chi connectivity index (χ1) is 14.0. The Bertz CT molecular complexity index is 809. The summed E-state index contributed by atoms with van der Waals surface area (Å²) in [5, 5.41) is 6.71. The van der Waals surface area contributed by atoms with Crippen molar-refractivity contribution in [3.8, 4) is 17.2 Å². The second-order valence-corrected chi connectivity index (χ2v) is 6.84. The van der Waals surface area contributed by atoms with Gasteiger partial charge >= 0.3 is 0 Å². The lowest BCUT2D eigenvalue weighted by Gasteiger charge is -2.15. The minimum Gasteiger partial charge on any atom is -0.493 e. The molecule has 158 valence electrons. The molecule has 0 amide bonds. The summed E-state index contributed by atoms with van der Waals surface area (Å²) in [4.78, 5) is 4.70. The highest BCUT2D eigenvalue weighted by molar-refractivity contribution is 5.79. The van der Waals surface area contributed by atoms with Gasteiger partial charge in [-0.15, -0.1) is 0 Å². The molecule has 0 aliphatic carbocycles. The summed E-state index contributed by atoms with van der Waals surface area (Å²) >= 11 is 0. The number of hydrogen-bond donors (Lipinski definition) is 2. The minimum atomic E-state index is 0.496.